The molecule has 0 saturated carbocycles. The van der Waals surface area contributed by atoms with Gasteiger partial charge >= 0.3 is 5.97 Å². The summed E-state index contributed by atoms with van der Waals surface area (Å²) in [6.07, 6.45) is 3.47. The van der Waals surface area contributed by atoms with Crippen molar-refractivity contribution in [3.05, 3.63) is 71.3 Å². The van der Waals surface area contributed by atoms with Crippen LogP contribution in [0.3, 0.4) is 0 Å². The van der Waals surface area contributed by atoms with Crippen LogP contribution in [0, 0.1) is 0 Å². The summed E-state index contributed by atoms with van der Waals surface area (Å²) in [7, 11) is 0. The Hall–Kier alpha value is -2.24. The van der Waals surface area contributed by atoms with Crippen LogP contribution in [0.15, 0.2) is 65.6 Å². The molecule has 0 saturated heterocycles. The van der Waals surface area contributed by atoms with Gasteiger partial charge in [-0.25, -0.2) is 4.79 Å². The molecule has 0 radical (unpaired) electrons. The number of ether oxygens (including phenoxy) is 1. The summed E-state index contributed by atoms with van der Waals surface area (Å²) in [6.45, 7) is 2.14. The lowest BCUT2D eigenvalue weighted by Gasteiger charge is -2.07. The number of carbonyl (C=O) groups excluding carboxylic acids is 2. The van der Waals surface area contributed by atoms with Crippen molar-refractivity contribution in [2.45, 2.75) is 18.2 Å². The van der Waals surface area contributed by atoms with Crippen molar-refractivity contribution in [2.24, 2.45) is 0 Å². The highest BCUT2D eigenvalue weighted by Gasteiger charge is 2.05. The molecule has 0 aliphatic rings. The molecule has 2 aromatic rings. The number of thioether (sulfide) groups is 1. The van der Waals surface area contributed by atoms with Crippen molar-refractivity contribution in [1.82, 2.24) is 0 Å². The minimum absolute atomic E-state index is 0.0864. The molecule has 136 valence electrons. The van der Waals surface area contributed by atoms with Crippen LogP contribution in [0.2, 0.25) is 5.02 Å². The van der Waals surface area contributed by atoms with Gasteiger partial charge < -0.3 is 10.1 Å². The maximum absolute atomic E-state index is 12.2. The van der Waals surface area contributed by atoms with Gasteiger partial charge in [0.2, 0.25) is 5.91 Å². The van der Waals surface area contributed by atoms with E-state index in [-0.39, 0.29) is 18.3 Å². The van der Waals surface area contributed by atoms with E-state index in [2.05, 4.69) is 5.32 Å². The van der Waals surface area contributed by atoms with E-state index in [0.29, 0.717) is 17.4 Å². The average Bonchev–Trinajstić information content (AvgIpc) is 2.61. The van der Waals surface area contributed by atoms with Crippen molar-refractivity contribution >= 4 is 40.9 Å². The molecule has 26 heavy (non-hydrogen) atoms. The van der Waals surface area contributed by atoms with Crippen molar-refractivity contribution in [3.63, 3.8) is 0 Å². The molecule has 0 atom stereocenters. The number of anilines is 1. The minimum atomic E-state index is -0.337. The summed E-state index contributed by atoms with van der Waals surface area (Å²) in [4.78, 5) is 24.4. The minimum Gasteiger partial charge on any atom is -0.463 e. The summed E-state index contributed by atoms with van der Waals surface area (Å²) in [5.74, 6) is 0.217. The van der Waals surface area contributed by atoms with Crippen molar-refractivity contribution < 1.29 is 14.3 Å². The Bertz CT molecular complexity index is 775. The number of rotatable bonds is 8. The molecule has 0 aromatic heterocycles. The summed E-state index contributed by atoms with van der Waals surface area (Å²) >= 11 is 7.41. The van der Waals surface area contributed by atoms with Crippen LogP contribution < -0.4 is 5.32 Å². The summed E-state index contributed by atoms with van der Waals surface area (Å²) in [6, 6.07) is 14.8. The van der Waals surface area contributed by atoms with E-state index in [1.807, 2.05) is 36.4 Å². The van der Waals surface area contributed by atoms with Gasteiger partial charge in [0.15, 0.2) is 0 Å². The van der Waals surface area contributed by atoms with Crippen LogP contribution in [-0.4, -0.2) is 24.2 Å². The maximum atomic E-state index is 12.2. The normalized spacial score (nSPS) is 10.7. The van der Waals surface area contributed by atoms with E-state index < -0.39 is 0 Å². The third-order valence-corrected chi connectivity index (χ3v) is 4.48. The number of esters is 1. The van der Waals surface area contributed by atoms with Gasteiger partial charge in [0.1, 0.15) is 0 Å². The van der Waals surface area contributed by atoms with Crippen LogP contribution in [-0.2, 0) is 20.7 Å². The highest BCUT2D eigenvalue weighted by Crippen LogP contribution is 2.22. The lowest BCUT2D eigenvalue weighted by atomic mass is 10.1. The van der Waals surface area contributed by atoms with Gasteiger partial charge in [-0.05, 0) is 42.8 Å². The zero-order chi connectivity index (χ0) is 18.8. The zero-order valence-corrected chi connectivity index (χ0v) is 16.0. The molecule has 1 N–H and O–H groups in total. The predicted molar refractivity (Wildman–Crippen MR) is 107 cm³/mol. The van der Waals surface area contributed by atoms with Crippen LogP contribution in [0.1, 0.15) is 12.5 Å². The number of nitrogens with one attached hydrogen (secondary N) is 1. The molecule has 0 fully saturated rings. The molecule has 1 amide bonds. The lowest BCUT2D eigenvalue weighted by Crippen LogP contribution is -2.14. The molecule has 0 heterocycles. The molecule has 0 aliphatic carbocycles. The first-order chi connectivity index (χ1) is 12.6. The monoisotopic (exact) mass is 389 g/mol. The van der Waals surface area contributed by atoms with E-state index in [1.54, 1.807) is 36.9 Å². The van der Waals surface area contributed by atoms with Gasteiger partial charge in [0.25, 0.3) is 0 Å². The Morgan fingerprint density at radius 2 is 1.96 bits per heavy atom. The first-order valence-electron chi connectivity index (χ1n) is 8.17. The standard InChI is InChI=1S/C20H20ClNO3S/c1-2-25-20(24)7-4-12-26-18-6-3-5-17(14-18)22-19(23)13-15-8-10-16(21)11-9-15/h3-11,14H,2,12-13H2,1H3,(H,22,23)/b7-4+. The third-order valence-electron chi connectivity index (χ3n) is 3.28. The van der Waals surface area contributed by atoms with E-state index in [4.69, 9.17) is 16.3 Å². The molecule has 0 bridgehead atoms. The number of hydrogen-bond donors (Lipinski definition) is 1. The van der Waals surface area contributed by atoms with Gasteiger partial charge in [0, 0.05) is 27.4 Å². The lowest BCUT2D eigenvalue weighted by molar-refractivity contribution is -0.137. The average molecular weight is 390 g/mol. The van der Waals surface area contributed by atoms with Crippen LogP contribution >= 0.6 is 23.4 Å². The SMILES string of the molecule is CCOC(=O)/C=C/CSc1cccc(NC(=O)Cc2ccc(Cl)cc2)c1. The molecule has 2 aromatic carbocycles. The Kier molecular flexibility index (Phi) is 8.25. The number of benzene rings is 2. The largest absolute Gasteiger partial charge is 0.463 e. The second-order valence-electron chi connectivity index (χ2n) is 5.34. The van der Waals surface area contributed by atoms with Crippen LogP contribution in [0.5, 0.6) is 0 Å². The summed E-state index contributed by atoms with van der Waals surface area (Å²) in [5, 5.41) is 3.54. The van der Waals surface area contributed by atoms with Gasteiger partial charge in [-0.15, -0.1) is 11.8 Å². The maximum Gasteiger partial charge on any atom is 0.330 e. The fourth-order valence-electron chi connectivity index (χ4n) is 2.14. The molecule has 2 rings (SSSR count). The van der Waals surface area contributed by atoms with E-state index in [0.717, 1.165) is 16.1 Å². The fourth-order valence-corrected chi connectivity index (χ4v) is 3.03. The van der Waals surface area contributed by atoms with Crippen molar-refractivity contribution in [2.75, 3.05) is 17.7 Å². The Morgan fingerprint density at radius 3 is 2.69 bits per heavy atom. The number of hydrogen-bond acceptors (Lipinski definition) is 4. The smallest absolute Gasteiger partial charge is 0.330 e. The number of amides is 1. The van der Waals surface area contributed by atoms with E-state index in [1.165, 1.54) is 6.08 Å². The van der Waals surface area contributed by atoms with Crippen molar-refractivity contribution in [3.8, 4) is 0 Å². The molecular formula is C20H20ClNO3S. The van der Waals surface area contributed by atoms with E-state index >= 15 is 0 Å². The molecule has 4 nitrogen and oxygen atoms in total. The summed E-state index contributed by atoms with van der Waals surface area (Å²) in [5.41, 5.74) is 1.64. The Morgan fingerprint density at radius 1 is 1.19 bits per heavy atom. The molecule has 0 spiro atoms. The van der Waals surface area contributed by atoms with Gasteiger partial charge in [0.05, 0.1) is 13.0 Å². The van der Waals surface area contributed by atoms with Gasteiger partial charge in [-0.2, -0.15) is 0 Å². The predicted octanol–water partition coefficient (Wildman–Crippen LogP) is 4.73. The van der Waals surface area contributed by atoms with E-state index in [9.17, 15) is 9.59 Å². The highest BCUT2D eigenvalue weighted by molar-refractivity contribution is 7.99. The highest BCUT2D eigenvalue weighted by atomic mass is 35.5. The fraction of sp³-hybridized carbons (Fsp3) is 0.200. The quantitative estimate of drug-likeness (QED) is 0.402. The Labute approximate surface area is 162 Å². The topological polar surface area (TPSA) is 55.4 Å². The summed E-state index contributed by atoms with van der Waals surface area (Å²) < 4.78 is 4.82. The van der Waals surface area contributed by atoms with Crippen molar-refractivity contribution in [1.29, 1.82) is 0 Å². The molecule has 0 unspecified atom stereocenters. The Balaban J connectivity index is 1.85. The number of halogens is 1. The molecule has 0 aliphatic heterocycles. The zero-order valence-electron chi connectivity index (χ0n) is 14.4. The first kappa shape index (κ1) is 20.1. The van der Waals surface area contributed by atoms with Gasteiger partial charge in [-0.1, -0.05) is 35.9 Å². The second-order valence-corrected chi connectivity index (χ2v) is 6.87. The van der Waals surface area contributed by atoms with Crippen LogP contribution in [0.4, 0.5) is 5.69 Å². The van der Waals surface area contributed by atoms with Crippen LogP contribution in [0.25, 0.3) is 0 Å². The first-order valence-corrected chi connectivity index (χ1v) is 9.53. The third kappa shape index (κ3) is 7.33. The second kappa shape index (κ2) is 10.7. The molecule has 6 heteroatoms. The van der Waals surface area contributed by atoms with Gasteiger partial charge in [-0.3, -0.25) is 4.79 Å². The molecular weight excluding hydrogens is 370 g/mol. The number of carbonyl (C=O) groups is 2.